The number of rotatable bonds is 3. The SMILES string of the molecule is CNC1CCCN(c2nc(N)nc(N)c2CC(C)(C)C)C1. The van der Waals surface area contributed by atoms with Crippen LogP contribution in [0.15, 0.2) is 0 Å². The highest BCUT2D eigenvalue weighted by atomic mass is 15.2. The number of nitrogens with zero attached hydrogens (tertiary/aromatic N) is 3. The number of hydrogen-bond acceptors (Lipinski definition) is 6. The van der Waals surface area contributed by atoms with Crippen LogP contribution < -0.4 is 21.7 Å². The van der Waals surface area contributed by atoms with Gasteiger partial charge in [-0.05, 0) is 31.7 Å². The molecule has 1 saturated heterocycles. The lowest BCUT2D eigenvalue weighted by atomic mass is 9.88. The Morgan fingerprint density at radius 1 is 1.29 bits per heavy atom. The zero-order valence-corrected chi connectivity index (χ0v) is 13.6. The van der Waals surface area contributed by atoms with E-state index in [4.69, 9.17) is 11.5 Å². The van der Waals surface area contributed by atoms with Gasteiger partial charge in [-0.25, -0.2) is 0 Å². The van der Waals surface area contributed by atoms with Gasteiger partial charge in [-0.15, -0.1) is 0 Å². The maximum atomic E-state index is 6.13. The van der Waals surface area contributed by atoms with Gasteiger partial charge >= 0.3 is 0 Å². The molecule has 0 spiro atoms. The summed E-state index contributed by atoms with van der Waals surface area (Å²) < 4.78 is 0. The molecule has 0 aliphatic carbocycles. The molecular weight excluding hydrogens is 264 g/mol. The molecular formula is C15H28N6. The quantitative estimate of drug-likeness (QED) is 0.780. The maximum absolute atomic E-state index is 6.13. The molecule has 1 aromatic rings. The first-order chi connectivity index (χ1) is 9.80. The molecule has 2 heterocycles. The molecule has 1 aliphatic heterocycles. The molecule has 1 fully saturated rings. The van der Waals surface area contributed by atoms with Crippen molar-refractivity contribution in [3.8, 4) is 0 Å². The predicted molar refractivity (Wildman–Crippen MR) is 88.3 cm³/mol. The molecule has 118 valence electrons. The standard InChI is InChI=1S/C15H28N6/c1-15(2,3)8-11-12(16)19-14(17)20-13(11)21-7-5-6-10(9-21)18-4/h10,18H,5-9H2,1-4H3,(H4,16,17,19,20). The van der Waals surface area contributed by atoms with Crippen molar-refractivity contribution in [1.29, 1.82) is 0 Å². The minimum absolute atomic E-state index is 0.126. The smallest absolute Gasteiger partial charge is 0.223 e. The third-order valence-electron chi connectivity index (χ3n) is 3.87. The van der Waals surface area contributed by atoms with Gasteiger partial charge in [0.25, 0.3) is 0 Å². The zero-order valence-electron chi connectivity index (χ0n) is 13.6. The lowest BCUT2D eigenvalue weighted by Gasteiger charge is -2.35. The van der Waals surface area contributed by atoms with Crippen LogP contribution in [0.5, 0.6) is 0 Å². The van der Waals surface area contributed by atoms with E-state index in [1.165, 1.54) is 6.42 Å². The summed E-state index contributed by atoms with van der Waals surface area (Å²) >= 11 is 0. The monoisotopic (exact) mass is 292 g/mol. The lowest BCUT2D eigenvalue weighted by Crippen LogP contribution is -2.45. The largest absolute Gasteiger partial charge is 0.383 e. The van der Waals surface area contributed by atoms with Crippen molar-refractivity contribution in [2.45, 2.75) is 46.1 Å². The number of likely N-dealkylation sites (N-methyl/N-ethyl adjacent to an activating group) is 1. The van der Waals surface area contributed by atoms with E-state index < -0.39 is 0 Å². The molecule has 0 radical (unpaired) electrons. The second-order valence-electron chi connectivity index (χ2n) is 7.08. The minimum atomic E-state index is 0.126. The Labute approximate surface area is 127 Å². The van der Waals surface area contributed by atoms with E-state index >= 15 is 0 Å². The van der Waals surface area contributed by atoms with Gasteiger partial charge in [0, 0.05) is 24.7 Å². The molecule has 21 heavy (non-hydrogen) atoms. The number of piperidine rings is 1. The number of hydrogen-bond donors (Lipinski definition) is 3. The van der Waals surface area contributed by atoms with Crippen molar-refractivity contribution in [3.63, 3.8) is 0 Å². The summed E-state index contributed by atoms with van der Waals surface area (Å²) in [5.41, 5.74) is 13.1. The molecule has 6 heteroatoms. The second-order valence-corrected chi connectivity index (χ2v) is 7.08. The average molecular weight is 292 g/mol. The van der Waals surface area contributed by atoms with Crippen LogP contribution in [0.3, 0.4) is 0 Å². The molecule has 1 atom stereocenters. The van der Waals surface area contributed by atoms with Gasteiger partial charge in [-0.2, -0.15) is 9.97 Å². The molecule has 1 unspecified atom stereocenters. The molecule has 5 N–H and O–H groups in total. The van der Waals surface area contributed by atoms with Crippen LogP contribution in [0.2, 0.25) is 0 Å². The first-order valence-corrected chi connectivity index (χ1v) is 7.64. The molecule has 1 aromatic heterocycles. The Bertz CT molecular complexity index is 494. The molecule has 2 rings (SSSR count). The summed E-state index contributed by atoms with van der Waals surface area (Å²) in [6, 6.07) is 0.485. The molecule has 0 amide bonds. The van der Waals surface area contributed by atoms with E-state index in [1.54, 1.807) is 0 Å². The summed E-state index contributed by atoms with van der Waals surface area (Å²) in [5, 5.41) is 3.35. The highest BCUT2D eigenvalue weighted by Gasteiger charge is 2.26. The van der Waals surface area contributed by atoms with E-state index in [2.05, 4.69) is 41.0 Å². The van der Waals surface area contributed by atoms with Crippen LogP contribution in [-0.4, -0.2) is 36.1 Å². The van der Waals surface area contributed by atoms with Gasteiger partial charge in [0.1, 0.15) is 11.6 Å². The maximum Gasteiger partial charge on any atom is 0.223 e. The van der Waals surface area contributed by atoms with Crippen molar-refractivity contribution in [3.05, 3.63) is 5.56 Å². The highest BCUT2D eigenvalue weighted by Crippen LogP contribution is 2.32. The molecule has 0 saturated carbocycles. The van der Waals surface area contributed by atoms with Gasteiger partial charge in [0.05, 0.1) is 0 Å². The first-order valence-electron chi connectivity index (χ1n) is 7.64. The number of nitrogen functional groups attached to an aromatic ring is 2. The molecule has 0 bridgehead atoms. The summed E-state index contributed by atoms with van der Waals surface area (Å²) in [4.78, 5) is 10.9. The van der Waals surface area contributed by atoms with Crippen molar-refractivity contribution >= 4 is 17.6 Å². The van der Waals surface area contributed by atoms with Gasteiger partial charge in [-0.3, -0.25) is 0 Å². The minimum Gasteiger partial charge on any atom is -0.383 e. The third-order valence-corrected chi connectivity index (χ3v) is 3.87. The lowest BCUT2D eigenvalue weighted by molar-refractivity contribution is 0.408. The fourth-order valence-electron chi connectivity index (χ4n) is 2.87. The van der Waals surface area contributed by atoms with Crippen molar-refractivity contribution in [2.75, 3.05) is 36.5 Å². The fraction of sp³-hybridized carbons (Fsp3) is 0.733. The Kier molecular flexibility index (Phi) is 4.56. The number of nitrogens with one attached hydrogen (secondary N) is 1. The summed E-state index contributed by atoms with van der Waals surface area (Å²) in [6.07, 6.45) is 3.18. The van der Waals surface area contributed by atoms with E-state index in [0.717, 1.165) is 37.3 Å². The third kappa shape index (κ3) is 3.97. The Morgan fingerprint density at radius 3 is 2.62 bits per heavy atom. The van der Waals surface area contributed by atoms with Gasteiger partial charge in [0.15, 0.2) is 0 Å². The molecule has 1 aliphatic rings. The fourth-order valence-corrected chi connectivity index (χ4v) is 2.87. The van der Waals surface area contributed by atoms with Crippen LogP contribution >= 0.6 is 0 Å². The molecule has 6 nitrogen and oxygen atoms in total. The number of nitrogens with two attached hydrogens (primary N) is 2. The Balaban J connectivity index is 2.36. The summed E-state index contributed by atoms with van der Waals surface area (Å²) in [6.45, 7) is 8.51. The summed E-state index contributed by atoms with van der Waals surface area (Å²) in [7, 11) is 2.01. The topological polar surface area (TPSA) is 93.1 Å². The van der Waals surface area contributed by atoms with E-state index in [9.17, 15) is 0 Å². The molecule has 0 aromatic carbocycles. The van der Waals surface area contributed by atoms with Crippen LogP contribution in [0.4, 0.5) is 17.6 Å². The normalized spacial score (nSPS) is 19.8. The van der Waals surface area contributed by atoms with Crippen molar-refractivity contribution in [1.82, 2.24) is 15.3 Å². The van der Waals surface area contributed by atoms with Crippen molar-refractivity contribution < 1.29 is 0 Å². The number of aromatic nitrogens is 2. The zero-order chi connectivity index (χ0) is 15.6. The highest BCUT2D eigenvalue weighted by molar-refractivity contribution is 5.60. The first kappa shape index (κ1) is 15.8. The second kappa shape index (κ2) is 6.05. The van der Waals surface area contributed by atoms with Gasteiger partial charge in [0.2, 0.25) is 5.95 Å². The van der Waals surface area contributed by atoms with E-state index in [1.807, 2.05) is 7.05 Å². The van der Waals surface area contributed by atoms with E-state index in [-0.39, 0.29) is 11.4 Å². The van der Waals surface area contributed by atoms with Gasteiger partial charge in [-0.1, -0.05) is 20.8 Å². The van der Waals surface area contributed by atoms with E-state index in [0.29, 0.717) is 11.9 Å². The predicted octanol–water partition coefficient (Wildman–Crippen LogP) is 1.42. The van der Waals surface area contributed by atoms with Crippen LogP contribution in [0.1, 0.15) is 39.2 Å². The number of anilines is 3. The van der Waals surface area contributed by atoms with Crippen molar-refractivity contribution in [2.24, 2.45) is 5.41 Å². The summed E-state index contributed by atoms with van der Waals surface area (Å²) in [5.74, 6) is 1.68. The van der Waals surface area contributed by atoms with Gasteiger partial charge < -0.3 is 21.7 Å². The van der Waals surface area contributed by atoms with Crippen LogP contribution in [-0.2, 0) is 6.42 Å². The average Bonchev–Trinajstić information content (AvgIpc) is 2.40. The van der Waals surface area contributed by atoms with Crippen LogP contribution in [0, 0.1) is 5.41 Å². The Hall–Kier alpha value is -1.56. The Morgan fingerprint density at radius 2 is 2.00 bits per heavy atom. The van der Waals surface area contributed by atoms with Crippen LogP contribution in [0.25, 0.3) is 0 Å².